The van der Waals surface area contributed by atoms with E-state index in [2.05, 4.69) is 5.32 Å². The molecule has 3 aromatic carbocycles. The molecule has 3 aromatic rings. The zero-order valence-electron chi connectivity index (χ0n) is 17.4. The molecule has 162 valence electrons. The van der Waals surface area contributed by atoms with E-state index in [0.29, 0.717) is 11.4 Å². The number of nitrogens with zero attached hydrogens (tertiary/aromatic N) is 2. The maximum absolute atomic E-state index is 12.7. The minimum absolute atomic E-state index is 0.0298. The van der Waals surface area contributed by atoms with Gasteiger partial charge in [-0.15, -0.1) is 0 Å². The van der Waals surface area contributed by atoms with Gasteiger partial charge in [0.2, 0.25) is 0 Å². The van der Waals surface area contributed by atoms with Crippen molar-refractivity contribution >= 4 is 28.2 Å². The molecule has 1 atom stereocenters. The number of anilines is 1. The van der Waals surface area contributed by atoms with Gasteiger partial charge in [-0.05, 0) is 37.4 Å². The Labute approximate surface area is 180 Å². The van der Waals surface area contributed by atoms with Gasteiger partial charge in [-0.25, -0.2) is 4.79 Å². The van der Waals surface area contributed by atoms with Gasteiger partial charge in [-0.2, -0.15) is 0 Å². The third-order valence-electron chi connectivity index (χ3n) is 4.80. The van der Waals surface area contributed by atoms with Crippen LogP contribution in [0, 0.1) is 10.1 Å². The molecule has 0 aromatic heterocycles. The lowest BCUT2D eigenvalue weighted by Crippen LogP contribution is -2.45. The van der Waals surface area contributed by atoms with Gasteiger partial charge in [0, 0.05) is 29.2 Å². The Bertz CT molecular complexity index is 1050. The van der Waals surface area contributed by atoms with Gasteiger partial charge in [0.25, 0.3) is 5.69 Å². The number of urea groups is 1. The third kappa shape index (κ3) is 5.70. The number of carbonyl (C=O) groups is 1. The van der Waals surface area contributed by atoms with E-state index in [1.54, 1.807) is 0 Å². The monoisotopic (exact) mass is 423 g/mol. The normalized spacial score (nSPS) is 11.9. The zero-order valence-corrected chi connectivity index (χ0v) is 17.4. The second kappa shape index (κ2) is 9.90. The standard InChI is InChI=1S/C23H25N3O5/c1-16(2)25(23(28)24-18-10-12-19(13-11-18)26(29)30)14-20(27)15-31-22-9-5-7-17-6-3-4-8-21(17)22/h3-13,16,20,27H,14-15H2,1-2H3,(H,24,28). The van der Waals surface area contributed by atoms with E-state index in [-0.39, 0.29) is 24.9 Å². The summed E-state index contributed by atoms with van der Waals surface area (Å²) < 4.78 is 5.82. The molecule has 2 amide bonds. The average molecular weight is 423 g/mol. The van der Waals surface area contributed by atoms with Crippen molar-refractivity contribution in [3.8, 4) is 5.75 Å². The first-order valence-electron chi connectivity index (χ1n) is 9.96. The van der Waals surface area contributed by atoms with Crippen molar-refractivity contribution in [3.05, 3.63) is 76.8 Å². The summed E-state index contributed by atoms with van der Waals surface area (Å²) in [6.07, 6.45) is -0.899. The minimum atomic E-state index is -0.899. The van der Waals surface area contributed by atoms with E-state index in [1.165, 1.54) is 29.2 Å². The van der Waals surface area contributed by atoms with E-state index in [1.807, 2.05) is 56.3 Å². The third-order valence-corrected chi connectivity index (χ3v) is 4.80. The number of nitro groups is 1. The fourth-order valence-electron chi connectivity index (χ4n) is 3.18. The van der Waals surface area contributed by atoms with Gasteiger partial charge >= 0.3 is 6.03 Å². The molecule has 0 aliphatic rings. The Balaban J connectivity index is 1.60. The van der Waals surface area contributed by atoms with Gasteiger partial charge in [0.1, 0.15) is 18.5 Å². The molecule has 0 spiro atoms. The first-order valence-corrected chi connectivity index (χ1v) is 9.96. The number of rotatable bonds is 8. The van der Waals surface area contributed by atoms with Crippen molar-refractivity contribution < 1.29 is 19.6 Å². The molecule has 0 bridgehead atoms. The largest absolute Gasteiger partial charge is 0.490 e. The molecule has 1 unspecified atom stereocenters. The summed E-state index contributed by atoms with van der Waals surface area (Å²) >= 11 is 0. The Morgan fingerprint density at radius 1 is 1.10 bits per heavy atom. The summed E-state index contributed by atoms with van der Waals surface area (Å²) in [5, 5.41) is 26.0. The number of hydrogen-bond donors (Lipinski definition) is 2. The predicted molar refractivity (Wildman–Crippen MR) is 119 cm³/mol. The Morgan fingerprint density at radius 2 is 1.77 bits per heavy atom. The quantitative estimate of drug-likeness (QED) is 0.412. The number of non-ortho nitro benzene ring substituents is 1. The van der Waals surface area contributed by atoms with Gasteiger partial charge in [0.15, 0.2) is 0 Å². The molecular formula is C23H25N3O5. The van der Waals surface area contributed by atoms with Crippen LogP contribution in [0.5, 0.6) is 5.75 Å². The molecule has 0 heterocycles. The minimum Gasteiger partial charge on any atom is -0.490 e. The molecule has 0 aliphatic heterocycles. The predicted octanol–water partition coefficient (Wildman–Crippen LogP) is 4.43. The molecule has 0 saturated heterocycles. The number of benzene rings is 3. The molecule has 8 nitrogen and oxygen atoms in total. The number of aliphatic hydroxyl groups is 1. The SMILES string of the molecule is CC(C)N(CC(O)COc1cccc2ccccc12)C(=O)Nc1ccc([N+](=O)[O-])cc1. The Kier molecular flexibility index (Phi) is 7.04. The first-order chi connectivity index (χ1) is 14.8. The van der Waals surface area contributed by atoms with Gasteiger partial charge in [-0.3, -0.25) is 10.1 Å². The number of nitrogens with one attached hydrogen (secondary N) is 1. The van der Waals surface area contributed by atoms with Crippen molar-refractivity contribution in [2.24, 2.45) is 0 Å². The lowest BCUT2D eigenvalue weighted by atomic mass is 10.1. The highest BCUT2D eigenvalue weighted by atomic mass is 16.6. The lowest BCUT2D eigenvalue weighted by Gasteiger charge is -2.29. The number of amides is 2. The van der Waals surface area contributed by atoms with E-state index in [4.69, 9.17) is 4.74 Å². The summed E-state index contributed by atoms with van der Waals surface area (Å²) in [5.74, 6) is 0.670. The van der Waals surface area contributed by atoms with Gasteiger partial charge in [0.05, 0.1) is 11.5 Å². The van der Waals surface area contributed by atoms with E-state index in [0.717, 1.165) is 10.8 Å². The van der Waals surface area contributed by atoms with Crippen LogP contribution < -0.4 is 10.1 Å². The second-order valence-electron chi connectivity index (χ2n) is 7.42. The van der Waals surface area contributed by atoms with E-state index >= 15 is 0 Å². The van der Waals surface area contributed by atoms with Gasteiger partial charge < -0.3 is 20.1 Å². The van der Waals surface area contributed by atoms with Crippen molar-refractivity contribution in [1.29, 1.82) is 0 Å². The Hall–Kier alpha value is -3.65. The summed E-state index contributed by atoms with van der Waals surface area (Å²) in [4.78, 5) is 24.4. The molecule has 2 N–H and O–H groups in total. The topological polar surface area (TPSA) is 105 Å². The maximum Gasteiger partial charge on any atom is 0.322 e. The summed E-state index contributed by atoms with van der Waals surface area (Å²) in [5.41, 5.74) is 0.377. The summed E-state index contributed by atoms with van der Waals surface area (Å²) in [7, 11) is 0. The first kappa shape index (κ1) is 22.0. The number of ether oxygens (including phenoxy) is 1. The second-order valence-corrected chi connectivity index (χ2v) is 7.42. The van der Waals surface area contributed by atoms with Crippen LogP contribution in [0.4, 0.5) is 16.2 Å². The van der Waals surface area contributed by atoms with Crippen LogP contribution in [0.1, 0.15) is 13.8 Å². The highest BCUT2D eigenvalue weighted by molar-refractivity contribution is 5.90. The fourth-order valence-corrected chi connectivity index (χ4v) is 3.18. The molecule has 31 heavy (non-hydrogen) atoms. The number of fused-ring (bicyclic) bond motifs is 1. The lowest BCUT2D eigenvalue weighted by molar-refractivity contribution is -0.384. The van der Waals surface area contributed by atoms with Crippen LogP contribution >= 0.6 is 0 Å². The van der Waals surface area contributed by atoms with Crippen molar-refractivity contribution in [1.82, 2.24) is 4.90 Å². The average Bonchev–Trinajstić information content (AvgIpc) is 2.76. The molecule has 8 heteroatoms. The smallest absolute Gasteiger partial charge is 0.322 e. The number of carbonyl (C=O) groups excluding carboxylic acids is 1. The molecule has 0 fully saturated rings. The number of aliphatic hydroxyl groups excluding tert-OH is 1. The van der Waals surface area contributed by atoms with Crippen LogP contribution in [0.15, 0.2) is 66.7 Å². The van der Waals surface area contributed by atoms with E-state index < -0.39 is 17.1 Å². The summed E-state index contributed by atoms with van der Waals surface area (Å²) in [6.45, 7) is 3.78. The highest BCUT2D eigenvalue weighted by Crippen LogP contribution is 2.25. The fraction of sp³-hybridized carbons (Fsp3) is 0.261. The molecule has 0 aliphatic carbocycles. The highest BCUT2D eigenvalue weighted by Gasteiger charge is 2.21. The van der Waals surface area contributed by atoms with E-state index in [9.17, 15) is 20.0 Å². The Morgan fingerprint density at radius 3 is 2.45 bits per heavy atom. The molecular weight excluding hydrogens is 398 g/mol. The maximum atomic E-state index is 12.7. The molecule has 3 rings (SSSR count). The zero-order chi connectivity index (χ0) is 22.4. The molecule has 0 saturated carbocycles. The van der Waals surface area contributed by atoms with Crippen molar-refractivity contribution in [3.63, 3.8) is 0 Å². The van der Waals surface area contributed by atoms with Crippen LogP contribution in [0.2, 0.25) is 0 Å². The van der Waals surface area contributed by atoms with Crippen LogP contribution in [0.3, 0.4) is 0 Å². The summed E-state index contributed by atoms with van der Waals surface area (Å²) in [6, 6.07) is 18.5. The van der Waals surface area contributed by atoms with Gasteiger partial charge in [-0.1, -0.05) is 36.4 Å². The van der Waals surface area contributed by atoms with Crippen LogP contribution in [-0.4, -0.2) is 46.3 Å². The van der Waals surface area contributed by atoms with Crippen molar-refractivity contribution in [2.75, 3.05) is 18.5 Å². The van der Waals surface area contributed by atoms with Crippen LogP contribution in [0.25, 0.3) is 10.8 Å². The number of hydrogen-bond acceptors (Lipinski definition) is 5. The van der Waals surface area contributed by atoms with Crippen molar-refractivity contribution in [2.45, 2.75) is 26.0 Å². The van der Waals surface area contributed by atoms with Crippen LogP contribution in [-0.2, 0) is 0 Å². The molecule has 0 radical (unpaired) electrons. The number of nitro benzene ring substituents is 1.